The van der Waals surface area contributed by atoms with Crippen molar-refractivity contribution in [2.24, 2.45) is 11.1 Å². The molecule has 2 saturated heterocycles. The van der Waals surface area contributed by atoms with E-state index in [1.54, 1.807) is 18.2 Å². The van der Waals surface area contributed by atoms with Crippen molar-refractivity contribution < 1.29 is 9.18 Å². The van der Waals surface area contributed by atoms with Gasteiger partial charge in [0.05, 0.1) is 5.41 Å². The second-order valence-electron chi connectivity index (χ2n) is 7.98. The number of amides is 1. The summed E-state index contributed by atoms with van der Waals surface area (Å²) in [7, 11) is 0. The molecule has 0 spiro atoms. The summed E-state index contributed by atoms with van der Waals surface area (Å²) >= 11 is 0. The first kappa shape index (κ1) is 18.7. The van der Waals surface area contributed by atoms with Gasteiger partial charge >= 0.3 is 0 Å². The summed E-state index contributed by atoms with van der Waals surface area (Å²) < 4.78 is 14.1. The van der Waals surface area contributed by atoms with Gasteiger partial charge in [0.15, 0.2) is 0 Å². The molecule has 1 aromatic carbocycles. The molecule has 0 bridgehead atoms. The molecule has 148 valence electrons. The third-order valence-electron chi connectivity index (χ3n) is 5.79. The number of primary amides is 1. The van der Waals surface area contributed by atoms with Gasteiger partial charge in [0.1, 0.15) is 11.6 Å². The van der Waals surface area contributed by atoms with Crippen LogP contribution >= 0.6 is 0 Å². The molecule has 6 nitrogen and oxygen atoms in total. The van der Waals surface area contributed by atoms with Crippen molar-refractivity contribution >= 4 is 17.7 Å². The van der Waals surface area contributed by atoms with Crippen LogP contribution in [0.2, 0.25) is 0 Å². The van der Waals surface area contributed by atoms with Gasteiger partial charge in [0, 0.05) is 37.9 Å². The number of piperidine rings is 1. The smallest absolute Gasteiger partial charge is 0.227 e. The van der Waals surface area contributed by atoms with Gasteiger partial charge < -0.3 is 15.5 Å². The molecule has 3 heterocycles. The molecule has 1 amide bonds. The highest BCUT2D eigenvalue weighted by atomic mass is 19.1. The number of anilines is 2. The summed E-state index contributed by atoms with van der Waals surface area (Å²) in [6, 6.07) is 8.49. The molecule has 2 N–H and O–H groups in total. The van der Waals surface area contributed by atoms with Crippen LogP contribution in [0.5, 0.6) is 0 Å². The summed E-state index contributed by atoms with van der Waals surface area (Å²) in [5, 5.41) is 0. The fraction of sp³-hybridized carbons (Fsp3) is 0.476. The fourth-order valence-corrected chi connectivity index (χ4v) is 4.14. The van der Waals surface area contributed by atoms with Gasteiger partial charge in [-0.25, -0.2) is 9.37 Å². The average Bonchev–Trinajstić information content (AvgIpc) is 2.65. The van der Waals surface area contributed by atoms with Crippen LogP contribution in [0.15, 0.2) is 30.3 Å². The normalized spacial score (nSPS) is 18.6. The van der Waals surface area contributed by atoms with Crippen LogP contribution in [0.3, 0.4) is 0 Å². The average molecular weight is 383 g/mol. The van der Waals surface area contributed by atoms with E-state index in [0.717, 1.165) is 43.4 Å². The molecule has 4 rings (SSSR count). The van der Waals surface area contributed by atoms with Crippen molar-refractivity contribution in [2.75, 3.05) is 36.0 Å². The van der Waals surface area contributed by atoms with E-state index in [1.165, 1.54) is 12.5 Å². The predicted molar refractivity (Wildman–Crippen MR) is 107 cm³/mol. The van der Waals surface area contributed by atoms with Crippen LogP contribution in [-0.4, -0.2) is 42.1 Å². The summed E-state index contributed by atoms with van der Waals surface area (Å²) in [6.07, 6.45) is 3.86. The Morgan fingerprint density at radius 3 is 2.54 bits per heavy atom. The summed E-state index contributed by atoms with van der Waals surface area (Å²) in [4.78, 5) is 25.8. The zero-order chi connectivity index (χ0) is 19.7. The van der Waals surface area contributed by atoms with E-state index in [0.29, 0.717) is 25.1 Å². The van der Waals surface area contributed by atoms with Gasteiger partial charge in [0.25, 0.3) is 0 Å². The summed E-state index contributed by atoms with van der Waals surface area (Å²) in [5.41, 5.74) is 6.37. The van der Waals surface area contributed by atoms with Gasteiger partial charge in [-0.15, -0.1) is 0 Å². The van der Waals surface area contributed by atoms with E-state index in [4.69, 9.17) is 10.7 Å². The Labute approximate surface area is 164 Å². The monoisotopic (exact) mass is 383 g/mol. The number of aryl methyl sites for hydroxylation is 1. The highest BCUT2D eigenvalue weighted by Gasteiger charge is 2.49. The van der Waals surface area contributed by atoms with E-state index in [1.807, 2.05) is 17.9 Å². The largest absolute Gasteiger partial charge is 0.369 e. The number of hydrogen-bond donors (Lipinski definition) is 1. The van der Waals surface area contributed by atoms with E-state index < -0.39 is 11.3 Å². The molecule has 2 aliphatic rings. The Bertz CT molecular complexity index is 875. The fourth-order valence-electron chi connectivity index (χ4n) is 4.14. The quantitative estimate of drug-likeness (QED) is 0.858. The number of carbonyl (C=O) groups is 1. The van der Waals surface area contributed by atoms with E-state index >= 15 is 0 Å². The number of nitrogens with zero attached hydrogens (tertiary/aromatic N) is 4. The number of aromatic nitrogens is 2. The molecule has 0 saturated carbocycles. The predicted octanol–water partition coefficient (Wildman–Crippen LogP) is 2.45. The Kier molecular flexibility index (Phi) is 4.91. The van der Waals surface area contributed by atoms with Gasteiger partial charge in [-0.3, -0.25) is 4.79 Å². The number of nitrogens with two attached hydrogens (primary N) is 1. The number of halogens is 1. The van der Waals surface area contributed by atoms with Crippen molar-refractivity contribution in [3.8, 4) is 0 Å². The lowest BCUT2D eigenvalue weighted by molar-refractivity contribution is -0.129. The van der Waals surface area contributed by atoms with Crippen molar-refractivity contribution in [2.45, 2.75) is 32.6 Å². The second kappa shape index (κ2) is 7.37. The minimum atomic E-state index is -0.771. The molecule has 2 aromatic rings. The van der Waals surface area contributed by atoms with Gasteiger partial charge in [0.2, 0.25) is 11.9 Å². The van der Waals surface area contributed by atoms with Gasteiger partial charge in [-0.05, 0) is 44.2 Å². The van der Waals surface area contributed by atoms with Crippen molar-refractivity contribution in [1.82, 2.24) is 9.97 Å². The van der Waals surface area contributed by atoms with E-state index in [-0.39, 0.29) is 5.82 Å². The number of rotatable bonds is 5. The van der Waals surface area contributed by atoms with Crippen LogP contribution in [0.1, 0.15) is 30.5 Å². The van der Waals surface area contributed by atoms with Gasteiger partial charge in [-0.1, -0.05) is 18.2 Å². The lowest BCUT2D eigenvalue weighted by Gasteiger charge is -2.49. The standard InChI is InChI=1S/C21H26FN5O/c1-15-11-18(25-20(24-15)26-9-5-2-6-10-26)27-13-21(14-27,19(23)28)12-16-7-3-4-8-17(16)22/h3-4,7-8,11H,2,5-6,9-10,12-14H2,1H3,(H2,23,28). The number of carbonyl (C=O) groups excluding carboxylic acids is 1. The van der Waals surface area contributed by atoms with E-state index in [9.17, 15) is 9.18 Å². The highest BCUT2D eigenvalue weighted by molar-refractivity contribution is 5.85. The topological polar surface area (TPSA) is 75.3 Å². The molecule has 2 fully saturated rings. The first-order valence-corrected chi connectivity index (χ1v) is 9.86. The summed E-state index contributed by atoms with van der Waals surface area (Å²) in [5.74, 6) is 0.861. The second-order valence-corrected chi connectivity index (χ2v) is 7.98. The van der Waals surface area contributed by atoms with Crippen molar-refractivity contribution in [1.29, 1.82) is 0 Å². The molecule has 0 radical (unpaired) electrons. The molecule has 0 aliphatic carbocycles. The SMILES string of the molecule is Cc1cc(N2CC(Cc3ccccc3F)(C(N)=O)C2)nc(N2CCCCC2)n1. The maximum Gasteiger partial charge on any atom is 0.227 e. The lowest BCUT2D eigenvalue weighted by atomic mass is 9.74. The third kappa shape index (κ3) is 3.53. The number of benzene rings is 1. The van der Waals surface area contributed by atoms with E-state index in [2.05, 4.69) is 9.88 Å². The van der Waals surface area contributed by atoms with Crippen LogP contribution < -0.4 is 15.5 Å². The third-order valence-corrected chi connectivity index (χ3v) is 5.79. The maximum absolute atomic E-state index is 14.1. The molecular formula is C21H26FN5O. The van der Waals surface area contributed by atoms with Crippen LogP contribution in [-0.2, 0) is 11.2 Å². The molecule has 2 aliphatic heterocycles. The Hall–Kier alpha value is -2.70. The zero-order valence-electron chi connectivity index (χ0n) is 16.2. The molecular weight excluding hydrogens is 357 g/mol. The minimum Gasteiger partial charge on any atom is -0.369 e. The zero-order valence-corrected chi connectivity index (χ0v) is 16.2. The van der Waals surface area contributed by atoms with Crippen LogP contribution in [0.4, 0.5) is 16.2 Å². The van der Waals surface area contributed by atoms with Gasteiger partial charge in [-0.2, -0.15) is 4.98 Å². The molecule has 0 atom stereocenters. The molecule has 0 unspecified atom stereocenters. The first-order chi connectivity index (χ1) is 13.5. The van der Waals surface area contributed by atoms with Crippen molar-refractivity contribution in [3.05, 3.63) is 47.4 Å². The lowest BCUT2D eigenvalue weighted by Crippen LogP contribution is -2.64. The Morgan fingerprint density at radius 1 is 1.14 bits per heavy atom. The van der Waals surface area contributed by atoms with Crippen LogP contribution in [0.25, 0.3) is 0 Å². The molecule has 1 aromatic heterocycles. The number of hydrogen-bond acceptors (Lipinski definition) is 5. The first-order valence-electron chi connectivity index (χ1n) is 9.86. The Morgan fingerprint density at radius 2 is 1.86 bits per heavy atom. The summed E-state index contributed by atoms with van der Waals surface area (Å²) in [6.45, 7) is 4.78. The maximum atomic E-state index is 14.1. The highest BCUT2D eigenvalue weighted by Crippen LogP contribution is 2.37. The van der Waals surface area contributed by atoms with Crippen molar-refractivity contribution in [3.63, 3.8) is 0 Å². The minimum absolute atomic E-state index is 0.299. The molecule has 28 heavy (non-hydrogen) atoms. The van der Waals surface area contributed by atoms with Crippen LogP contribution in [0, 0.1) is 18.2 Å². The Balaban J connectivity index is 1.53. The molecule has 7 heteroatoms.